The number of nitrogens with zero attached hydrogens (tertiary/aromatic N) is 1. The van der Waals surface area contributed by atoms with Gasteiger partial charge in [-0.2, -0.15) is 0 Å². The van der Waals surface area contributed by atoms with Gasteiger partial charge >= 0.3 is 0 Å². The molecule has 2 nitrogen and oxygen atoms in total. The topological polar surface area (TPSA) is 15.3 Å². The van der Waals surface area contributed by atoms with E-state index in [1.165, 1.54) is 21.6 Å². The molecule has 2 heterocycles. The van der Waals surface area contributed by atoms with Crippen molar-refractivity contribution in [3.8, 4) is 0 Å². The molecule has 1 fully saturated rings. The first-order valence-electron chi connectivity index (χ1n) is 6.24. The lowest BCUT2D eigenvalue weighted by molar-refractivity contribution is 0.121. The molecule has 0 radical (unpaired) electrons. The predicted octanol–water partition coefficient (Wildman–Crippen LogP) is 3.33. The zero-order valence-corrected chi connectivity index (χ0v) is 13.1. The fourth-order valence-corrected chi connectivity index (χ4v) is 3.94. The second kappa shape index (κ2) is 5.83. The summed E-state index contributed by atoms with van der Waals surface area (Å²) in [6, 6.07) is 5.67. The van der Waals surface area contributed by atoms with E-state index in [1.54, 1.807) is 0 Å². The maximum Gasteiger partial charge on any atom is 0.0701 e. The van der Waals surface area contributed by atoms with Gasteiger partial charge in [0.15, 0.2) is 0 Å². The van der Waals surface area contributed by atoms with Crippen LogP contribution in [0.15, 0.2) is 15.9 Å². The van der Waals surface area contributed by atoms with Crippen LogP contribution in [0.4, 0.5) is 0 Å². The largest absolute Gasteiger partial charge is 0.309 e. The Balaban J connectivity index is 1.86. The second-order valence-corrected chi connectivity index (χ2v) is 7.74. The van der Waals surface area contributed by atoms with Crippen molar-refractivity contribution in [3.05, 3.63) is 20.8 Å². The van der Waals surface area contributed by atoms with Crippen LogP contribution < -0.4 is 5.32 Å². The highest BCUT2D eigenvalue weighted by atomic mass is 79.9. The van der Waals surface area contributed by atoms with Crippen LogP contribution in [-0.2, 0) is 6.54 Å². The lowest BCUT2D eigenvalue weighted by atomic mass is 9.90. The maximum absolute atomic E-state index is 3.71. The minimum atomic E-state index is 0.655. The van der Waals surface area contributed by atoms with Gasteiger partial charge in [-0.25, -0.2) is 0 Å². The fraction of sp³-hybridized carbons (Fsp3) is 0.692. The average molecular weight is 317 g/mol. The number of likely N-dealkylation sites (tertiary alicyclic amines) is 1. The molecule has 4 heteroatoms. The van der Waals surface area contributed by atoms with Gasteiger partial charge in [0.1, 0.15) is 0 Å². The van der Waals surface area contributed by atoms with Crippen LogP contribution in [0, 0.1) is 5.92 Å². The van der Waals surface area contributed by atoms with E-state index in [0.717, 1.165) is 12.5 Å². The first-order chi connectivity index (χ1) is 8.06. The van der Waals surface area contributed by atoms with Crippen LogP contribution in [-0.4, -0.2) is 30.6 Å². The summed E-state index contributed by atoms with van der Waals surface area (Å²) in [4.78, 5) is 3.88. The average Bonchev–Trinajstić information content (AvgIpc) is 2.68. The van der Waals surface area contributed by atoms with Gasteiger partial charge < -0.3 is 10.2 Å². The van der Waals surface area contributed by atoms with Crippen LogP contribution in [0.1, 0.15) is 25.1 Å². The van der Waals surface area contributed by atoms with E-state index >= 15 is 0 Å². The summed E-state index contributed by atoms with van der Waals surface area (Å²) in [6.45, 7) is 6.88. The van der Waals surface area contributed by atoms with Crippen LogP contribution >= 0.6 is 27.3 Å². The smallest absolute Gasteiger partial charge is 0.0701 e. The highest BCUT2D eigenvalue weighted by molar-refractivity contribution is 9.11. The standard InChI is InChI=1S/C13H21BrN2S/c1-9-8-16(3)10(2)6-12(9)15-7-11-4-5-13(14)17-11/h4-5,9-10,12,15H,6-8H2,1-3H3. The molecule has 0 saturated carbocycles. The molecule has 1 saturated heterocycles. The van der Waals surface area contributed by atoms with E-state index in [0.29, 0.717) is 12.1 Å². The molecule has 0 spiro atoms. The van der Waals surface area contributed by atoms with Crippen LogP contribution in [0.3, 0.4) is 0 Å². The fourth-order valence-electron chi connectivity index (χ4n) is 2.50. The first-order valence-corrected chi connectivity index (χ1v) is 7.85. The summed E-state index contributed by atoms with van der Waals surface area (Å²) in [5.41, 5.74) is 0. The molecule has 0 aromatic carbocycles. The molecule has 2 rings (SSSR count). The van der Waals surface area contributed by atoms with Crippen molar-refractivity contribution in [2.45, 2.75) is 38.9 Å². The number of hydrogen-bond donors (Lipinski definition) is 1. The van der Waals surface area contributed by atoms with E-state index in [2.05, 4.69) is 59.2 Å². The molecule has 0 amide bonds. The first kappa shape index (κ1) is 13.5. The Morgan fingerprint density at radius 3 is 2.88 bits per heavy atom. The van der Waals surface area contributed by atoms with Gasteiger partial charge in [-0.05, 0) is 54.4 Å². The zero-order chi connectivity index (χ0) is 12.4. The summed E-state index contributed by atoms with van der Waals surface area (Å²) in [7, 11) is 2.23. The number of thiophene rings is 1. The van der Waals surface area contributed by atoms with Gasteiger partial charge in [0, 0.05) is 30.1 Å². The minimum absolute atomic E-state index is 0.655. The highest BCUT2D eigenvalue weighted by Gasteiger charge is 2.28. The predicted molar refractivity (Wildman–Crippen MR) is 78.5 cm³/mol. The molecule has 1 aromatic rings. The molecule has 1 N–H and O–H groups in total. The monoisotopic (exact) mass is 316 g/mol. The van der Waals surface area contributed by atoms with Crippen molar-refractivity contribution in [2.24, 2.45) is 5.92 Å². The Hall–Kier alpha value is 0.1000. The Labute approximate surface area is 117 Å². The SMILES string of the molecule is CC1CN(C)C(C)CC1NCc1ccc(Br)s1. The molecule has 1 aliphatic heterocycles. The van der Waals surface area contributed by atoms with E-state index in [1.807, 2.05) is 11.3 Å². The van der Waals surface area contributed by atoms with Gasteiger partial charge in [0.25, 0.3) is 0 Å². The molecule has 1 aliphatic rings. The summed E-state index contributed by atoms with van der Waals surface area (Å²) >= 11 is 5.33. The van der Waals surface area contributed by atoms with E-state index in [4.69, 9.17) is 0 Å². The Morgan fingerprint density at radius 1 is 1.47 bits per heavy atom. The molecule has 17 heavy (non-hydrogen) atoms. The van der Waals surface area contributed by atoms with Crippen molar-refractivity contribution in [1.29, 1.82) is 0 Å². The van der Waals surface area contributed by atoms with Gasteiger partial charge in [0.2, 0.25) is 0 Å². The summed E-state index contributed by atoms with van der Waals surface area (Å²) in [6.07, 6.45) is 1.25. The second-order valence-electron chi connectivity index (χ2n) is 5.19. The number of nitrogens with one attached hydrogen (secondary N) is 1. The van der Waals surface area contributed by atoms with Crippen molar-refractivity contribution in [2.75, 3.05) is 13.6 Å². The Bertz CT molecular complexity index is 366. The summed E-state index contributed by atoms with van der Waals surface area (Å²) in [5, 5.41) is 3.71. The third kappa shape index (κ3) is 3.53. The van der Waals surface area contributed by atoms with Crippen molar-refractivity contribution < 1.29 is 0 Å². The molecule has 0 aliphatic carbocycles. The molecular weight excluding hydrogens is 296 g/mol. The minimum Gasteiger partial charge on any atom is -0.309 e. The van der Waals surface area contributed by atoms with Crippen molar-refractivity contribution >= 4 is 27.3 Å². The lowest BCUT2D eigenvalue weighted by Gasteiger charge is -2.40. The Morgan fingerprint density at radius 2 is 2.24 bits per heavy atom. The van der Waals surface area contributed by atoms with Crippen LogP contribution in [0.2, 0.25) is 0 Å². The number of hydrogen-bond acceptors (Lipinski definition) is 3. The highest BCUT2D eigenvalue weighted by Crippen LogP contribution is 2.24. The van der Waals surface area contributed by atoms with Crippen LogP contribution in [0.5, 0.6) is 0 Å². The number of rotatable bonds is 3. The van der Waals surface area contributed by atoms with E-state index in [-0.39, 0.29) is 0 Å². The van der Waals surface area contributed by atoms with Crippen molar-refractivity contribution in [3.63, 3.8) is 0 Å². The van der Waals surface area contributed by atoms with Gasteiger partial charge in [0.05, 0.1) is 3.79 Å². The molecule has 3 unspecified atom stereocenters. The molecule has 96 valence electrons. The van der Waals surface area contributed by atoms with Crippen molar-refractivity contribution in [1.82, 2.24) is 10.2 Å². The van der Waals surface area contributed by atoms with Crippen LogP contribution in [0.25, 0.3) is 0 Å². The quantitative estimate of drug-likeness (QED) is 0.920. The maximum atomic E-state index is 3.71. The number of piperidine rings is 1. The lowest BCUT2D eigenvalue weighted by Crippen LogP contribution is -2.50. The molecular formula is C13H21BrN2S. The van der Waals surface area contributed by atoms with Gasteiger partial charge in [-0.15, -0.1) is 11.3 Å². The molecule has 0 bridgehead atoms. The third-order valence-electron chi connectivity index (χ3n) is 3.78. The Kier molecular flexibility index (Phi) is 4.64. The third-order valence-corrected chi connectivity index (χ3v) is 5.40. The van der Waals surface area contributed by atoms with Gasteiger partial charge in [-0.1, -0.05) is 6.92 Å². The normalized spacial score (nSPS) is 30.7. The molecule has 1 aromatic heterocycles. The zero-order valence-electron chi connectivity index (χ0n) is 10.7. The summed E-state index contributed by atoms with van der Waals surface area (Å²) in [5.74, 6) is 0.736. The summed E-state index contributed by atoms with van der Waals surface area (Å²) < 4.78 is 1.22. The number of halogens is 1. The van der Waals surface area contributed by atoms with Gasteiger partial charge in [-0.3, -0.25) is 0 Å². The molecule has 3 atom stereocenters. The van der Waals surface area contributed by atoms with E-state index in [9.17, 15) is 0 Å². The van der Waals surface area contributed by atoms with E-state index < -0.39 is 0 Å².